The number of nitrogens with one attached hydrogen (secondary N) is 1. The molecule has 0 aliphatic heterocycles. The summed E-state index contributed by atoms with van der Waals surface area (Å²) in [6.07, 6.45) is 1.42. The van der Waals surface area contributed by atoms with Gasteiger partial charge in [-0.1, -0.05) is 0 Å². The van der Waals surface area contributed by atoms with E-state index in [4.69, 9.17) is 11.0 Å². The van der Waals surface area contributed by atoms with Crippen molar-refractivity contribution in [2.75, 3.05) is 11.1 Å². The van der Waals surface area contributed by atoms with E-state index in [-0.39, 0.29) is 5.82 Å². The standard InChI is InChI=1S/C12H9FN4/c13-9-1-3-10(4-2-9)17-12-11(15)5-8(6-14)7-16-12/h1-5,7H,15H2,(H,16,17). The summed E-state index contributed by atoms with van der Waals surface area (Å²) < 4.78 is 12.7. The lowest BCUT2D eigenvalue weighted by molar-refractivity contribution is 0.628. The molecule has 84 valence electrons. The molecule has 5 heteroatoms. The molecule has 0 atom stereocenters. The van der Waals surface area contributed by atoms with Crippen LogP contribution in [0.2, 0.25) is 0 Å². The van der Waals surface area contributed by atoms with Crippen LogP contribution in [0.4, 0.5) is 21.6 Å². The zero-order chi connectivity index (χ0) is 12.3. The van der Waals surface area contributed by atoms with Crippen molar-refractivity contribution in [2.24, 2.45) is 0 Å². The summed E-state index contributed by atoms with van der Waals surface area (Å²) in [5.74, 6) is 0.131. The first-order valence-electron chi connectivity index (χ1n) is 4.87. The van der Waals surface area contributed by atoms with Gasteiger partial charge in [0, 0.05) is 11.9 Å². The Labute approximate surface area is 97.5 Å². The van der Waals surface area contributed by atoms with Gasteiger partial charge in [0.15, 0.2) is 5.82 Å². The molecule has 0 unspecified atom stereocenters. The summed E-state index contributed by atoms with van der Waals surface area (Å²) in [5, 5.41) is 11.6. The van der Waals surface area contributed by atoms with Crippen LogP contribution in [0.5, 0.6) is 0 Å². The van der Waals surface area contributed by atoms with Crippen LogP contribution >= 0.6 is 0 Å². The Balaban J connectivity index is 2.25. The Morgan fingerprint density at radius 2 is 2.00 bits per heavy atom. The molecule has 0 spiro atoms. The maximum Gasteiger partial charge on any atom is 0.153 e. The van der Waals surface area contributed by atoms with E-state index in [1.807, 2.05) is 6.07 Å². The van der Waals surface area contributed by atoms with E-state index in [0.29, 0.717) is 22.8 Å². The molecule has 1 heterocycles. The van der Waals surface area contributed by atoms with Crippen LogP contribution in [0.25, 0.3) is 0 Å². The Kier molecular flexibility index (Phi) is 2.88. The number of benzene rings is 1. The van der Waals surface area contributed by atoms with E-state index in [1.54, 1.807) is 12.1 Å². The molecule has 2 rings (SSSR count). The molecular weight excluding hydrogens is 219 g/mol. The zero-order valence-electron chi connectivity index (χ0n) is 8.81. The van der Waals surface area contributed by atoms with Crippen molar-refractivity contribution in [3.8, 4) is 6.07 Å². The minimum atomic E-state index is -0.309. The van der Waals surface area contributed by atoms with Gasteiger partial charge in [0.05, 0.1) is 11.3 Å². The van der Waals surface area contributed by atoms with Crippen molar-refractivity contribution in [3.05, 3.63) is 47.9 Å². The molecule has 0 aliphatic rings. The van der Waals surface area contributed by atoms with Crippen LogP contribution in [0, 0.1) is 17.1 Å². The topological polar surface area (TPSA) is 74.7 Å². The van der Waals surface area contributed by atoms with Gasteiger partial charge in [-0.25, -0.2) is 9.37 Å². The highest BCUT2D eigenvalue weighted by atomic mass is 19.1. The summed E-state index contributed by atoms with van der Waals surface area (Å²) in [7, 11) is 0. The smallest absolute Gasteiger partial charge is 0.153 e. The predicted octanol–water partition coefficient (Wildman–Crippen LogP) is 2.42. The van der Waals surface area contributed by atoms with Crippen molar-refractivity contribution < 1.29 is 4.39 Å². The van der Waals surface area contributed by atoms with Gasteiger partial charge >= 0.3 is 0 Å². The fraction of sp³-hybridized carbons (Fsp3) is 0. The van der Waals surface area contributed by atoms with Gasteiger partial charge in [-0.3, -0.25) is 0 Å². The van der Waals surface area contributed by atoms with Crippen LogP contribution in [-0.2, 0) is 0 Å². The number of nitrogens with zero attached hydrogens (tertiary/aromatic N) is 2. The molecule has 4 nitrogen and oxygen atoms in total. The molecule has 0 bridgehead atoms. The molecule has 0 saturated heterocycles. The van der Waals surface area contributed by atoms with Gasteiger partial charge in [-0.15, -0.1) is 0 Å². The second-order valence-electron chi connectivity index (χ2n) is 3.41. The minimum absolute atomic E-state index is 0.309. The number of anilines is 3. The maximum absolute atomic E-state index is 12.7. The van der Waals surface area contributed by atoms with Crippen LogP contribution in [0.3, 0.4) is 0 Å². The first-order valence-corrected chi connectivity index (χ1v) is 4.87. The lowest BCUT2D eigenvalue weighted by Gasteiger charge is -2.07. The molecule has 1 aromatic heterocycles. The summed E-state index contributed by atoms with van der Waals surface area (Å²) in [5.41, 5.74) is 7.17. The van der Waals surface area contributed by atoms with Crippen LogP contribution in [0.1, 0.15) is 5.56 Å². The minimum Gasteiger partial charge on any atom is -0.396 e. The fourth-order valence-electron chi connectivity index (χ4n) is 1.32. The number of halogens is 1. The summed E-state index contributed by atoms with van der Waals surface area (Å²) in [6.45, 7) is 0. The van der Waals surface area contributed by atoms with E-state index in [2.05, 4.69) is 10.3 Å². The lowest BCUT2D eigenvalue weighted by atomic mass is 10.2. The predicted molar refractivity (Wildman–Crippen MR) is 63.0 cm³/mol. The zero-order valence-corrected chi connectivity index (χ0v) is 8.81. The number of rotatable bonds is 2. The van der Waals surface area contributed by atoms with Crippen LogP contribution in [-0.4, -0.2) is 4.98 Å². The number of hydrogen-bond acceptors (Lipinski definition) is 4. The van der Waals surface area contributed by atoms with E-state index in [1.165, 1.54) is 24.4 Å². The third kappa shape index (κ3) is 2.49. The molecule has 0 fully saturated rings. The van der Waals surface area contributed by atoms with Crippen LogP contribution in [0.15, 0.2) is 36.5 Å². The number of nitrogen functional groups attached to an aromatic ring is 1. The largest absolute Gasteiger partial charge is 0.396 e. The van der Waals surface area contributed by atoms with Crippen molar-refractivity contribution in [2.45, 2.75) is 0 Å². The van der Waals surface area contributed by atoms with Crippen LogP contribution < -0.4 is 11.1 Å². The van der Waals surface area contributed by atoms with E-state index < -0.39 is 0 Å². The molecule has 0 aliphatic carbocycles. The monoisotopic (exact) mass is 228 g/mol. The Bertz CT molecular complexity index is 572. The van der Waals surface area contributed by atoms with Gasteiger partial charge in [0.2, 0.25) is 0 Å². The number of nitrogens with two attached hydrogens (primary N) is 1. The summed E-state index contributed by atoms with van der Waals surface area (Å²) in [4.78, 5) is 4.01. The van der Waals surface area contributed by atoms with Gasteiger partial charge in [-0.2, -0.15) is 5.26 Å². The van der Waals surface area contributed by atoms with Gasteiger partial charge in [-0.05, 0) is 30.3 Å². The molecule has 2 aromatic rings. The summed E-state index contributed by atoms with van der Waals surface area (Å²) in [6, 6.07) is 9.30. The number of pyridine rings is 1. The van der Waals surface area contributed by atoms with Gasteiger partial charge < -0.3 is 11.1 Å². The molecule has 17 heavy (non-hydrogen) atoms. The Morgan fingerprint density at radius 1 is 1.29 bits per heavy atom. The van der Waals surface area contributed by atoms with E-state index >= 15 is 0 Å². The highest BCUT2D eigenvalue weighted by Gasteiger charge is 2.03. The second kappa shape index (κ2) is 4.49. The summed E-state index contributed by atoms with van der Waals surface area (Å²) >= 11 is 0. The highest BCUT2D eigenvalue weighted by molar-refractivity contribution is 5.69. The van der Waals surface area contributed by atoms with Crippen molar-refractivity contribution in [1.29, 1.82) is 5.26 Å². The lowest BCUT2D eigenvalue weighted by Crippen LogP contribution is -1.99. The molecule has 0 radical (unpaired) electrons. The Hall–Kier alpha value is -2.61. The Morgan fingerprint density at radius 3 is 2.59 bits per heavy atom. The van der Waals surface area contributed by atoms with Gasteiger partial charge in [0.25, 0.3) is 0 Å². The number of aromatic nitrogens is 1. The molecule has 1 aromatic carbocycles. The molecule has 3 N–H and O–H groups in total. The molecule has 0 saturated carbocycles. The average molecular weight is 228 g/mol. The SMILES string of the molecule is N#Cc1cnc(Nc2ccc(F)cc2)c(N)c1. The van der Waals surface area contributed by atoms with Crippen molar-refractivity contribution >= 4 is 17.2 Å². The fourth-order valence-corrected chi connectivity index (χ4v) is 1.32. The average Bonchev–Trinajstić information content (AvgIpc) is 2.34. The third-order valence-corrected chi connectivity index (χ3v) is 2.15. The molecule has 0 amide bonds. The third-order valence-electron chi connectivity index (χ3n) is 2.15. The quantitative estimate of drug-likeness (QED) is 0.827. The number of nitriles is 1. The first-order chi connectivity index (χ1) is 8.19. The van der Waals surface area contributed by atoms with Crippen molar-refractivity contribution in [3.63, 3.8) is 0 Å². The normalized spacial score (nSPS) is 9.65. The van der Waals surface area contributed by atoms with E-state index in [0.717, 1.165) is 0 Å². The first kappa shape index (κ1) is 10.9. The second-order valence-corrected chi connectivity index (χ2v) is 3.41. The molecular formula is C12H9FN4. The highest BCUT2D eigenvalue weighted by Crippen LogP contribution is 2.21. The number of hydrogen-bond donors (Lipinski definition) is 2. The van der Waals surface area contributed by atoms with E-state index in [9.17, 15) is 4.39 Å². The van der Waals surface area contributed by atoms with Crippen molar-refractivity contribution in [1.82, 2.24) is 4.98 Å². The maximum atomic E-state index is 12.7. The van der Waals surface area contributed by atoms with Gasteiger partial charge in [0.1, 0.15) is 11.9 Å².